The second kappa shape index (κ2) is 10.4. The predicted molar refractivity (Wildman–Crippen MR) is 145 cm³/mol. The second-order valence-electron chi connectivity index (χ2n) is 8.98. The van der Waals surface area contributed by atoms with Gasteiger partial charge in [0.1, 0.15) is 12.1 Å². The first kappa shape index (κ1) is 24.5. The number of nitrogens with one attached hydrogen (secondary N) is 1. The molecule has 1 N–H and O–H groups in total. The van der Waals surface area contributed by atoms with Gasteiger partial charge in [0.05, 0.1) is 5.52 Å². The number of fused-ring (bicyclic) bond motifs is 1. The number of halogens is 1. The maximum absolute atomic E-state index is 13.4. The van der Waals surface area contributed by atoms with Crippen molar-refractivity contribution in [2.24, 2.45) is 0 Å². The summed E-state index contributed by atoms with van der Waals surface area (Å²) in [7, 11) is 0. The molecule has 0 saturated heterocycles. The third kappa shape index (κ3) is 5.32. The Bertz CT molecular complexity index is 1650. The van der Waals surface area contributed by atoms with Crippen LogP contribution in [0.2, 0.25) is 5.02 Å². The SMILES string of the molecule is Cc1ccc2c(=O)c(-c3nc(-c4ccccc4C)no3)cn(CC(=O)NCCc3ccc(Cl)cc3)c2c1. The normalized spacial score (nSPS) is 11.1. The molecule has 2 heterocycles. The average molecular weight is 513 g/mol. The van der Waals surface area contributed by atoms with Crippen molar-refractivity contribution in [1.82, 2.24) is 20.0 Å². The molecule has 7 nitrogen and oxygen atoms in total. The first-order chi connectivity index (χ1) is 17.9. The molecule has 0 spiro atoms. The lowest BCUT2D eigenvalue weighted by molar-refractivity contribution is -0.121. The van der Waals surface area contributed by atoms with E-state index in [1.165, 1.54) is 0 Å². The van der Waals surface area contributed by atoms with E-state index in [0.29, 0.717) is 34.7 Å². The molecule has 0 atom stereocenters. The van der Waals surface area contributed by atoms with Crippen molar-refractivity contribution in [2.45, 2.75) is 26.8 Å². The van der Waals surface area contributed by atoms with E-state index in [1.807, 2.05) is 74.5 Å². The highest BCUT2D eigenvalue weighted by Gasteiger charge is 2.19. The third-order valence-electron chi connectivity index (χ3n) is 6.24. The van der Waals surface area contributed by atoms with Crippen LogP contribution in [0.25, 0.3) is 33.7 Å². The summed E-state index contributed by atoms with van der Waals surface area (Å²) < 4.78 is 7.27. The number of carbonyl (C=O) groups is 1. The van der Waals surface area contributed by atoms with Gasteiger partial charge in [0.25, 0.3) is 5.89 Å². The molecule has 0 fully saturated rings. The smallest absolute Gasteiger partial charge is 0.263 e. The quantitative estimate of drug-likeness (QED) is 0.317. The molecule has 0 aliphatic carbocycles. The molecule has 0 unspecified atom stereocenters. The summed E-state index contributed by atoms with van der Waals surface area (Å²) in [5, 5.41) is 8.22. The average Bonchev–Trinajstić information content (AvgIpc) is 3.37. The van der Waals surface area contributed by atoms with Gasteiger partial charge in [0.2, 0.25) is 17.2 Å². The van der Waals surface area contributed by atoms with Crippen molar-refractivity contribution < 1.29 is 9.32 Å². The fourth-order valence-corrected chi connectivity index (χ4v) is 4.38. The van der Waals surface area contributed by atoms with Crippen LogP contribution in [0.5, 0.6) is 0 Å². The van der Waals surface area contributed by atoms with Gasteiger partial charge in [0.15, 0.2) is 0 Å². The largest absolute Gasteiger partial charge is 0.354 e. The molecule has 0 aliphatic heterocycles. The number of nitrogens with zero attached hydrogens (tertiary/aromatic N) is 3. The highest BCUT2D eigenvalue weighted by Crippen LogP contribution is 2.25. The Morgan fingerprint density at radius 1 is 1.03 bits per heavy atom. The predicted octanol–water partition coefficient (Wildman–Crippen LogP) is 5.35. The van der Waals surface area contributed by atoms with Crippen LogP contribution in [0.4, 0.5) is 0 Å². The Balaban J connectivity index is 1.44. The van der Waals surface area contributed by atoms with Gasteiger partial charge in [-0.25, -0.2) is 0 Å². The fourth-order valence-electron chi connectivity index (χ4n) is 4.26. The van der Waals surface area contributed by atoms with Crippen molar-refractivity contribution in [3.8, 4) is 22.8 Å². The highest BCUT2D eigenvalue weighted by molar-refractivity contribution is 6.30. The molecule has 0 radical (unpaired) electrons. The Morgan fingerprint density at radius 3 is 2.59 bits per heavy atom. The minimum absolute atomic E-state index is 0.0344. The van der Waals surface area contributed by atoms with Crippen molar-refractivity contribution >= 4 is 28.4 Å². The van der Waals surface area contributed by atoms with Gasteiger partial charge in [-0.15, -0.1) is 0 Å². The van der Waals surface area contributed by atoms with Gasteiger partial charge < -0.3 is 14.4 Å². The molecular formula is C29H25ClN4O3. The molecule has 1 amide bonds. The Morgan fingerprint density at radius 2 is 1.81 bits per heavy atom. The molecule has 2 aromatic heterocycles. The number of hydrogen-bond donors (Lipinski definition) is 1. The standard InChI is InChI=1S/C29H25ClN4O3/c1-18-7-12-23-25(15-18)34(17-26(35)31-14-13-20-8-10-21(30)11-9-20)16-24(27(23)36)29-32-28(33-37-29)22-6-4-3-5-19(22)2/h3-12,15-16H,13-14,17H2,1-2H3,(H,31,35). The number of hydrogen-bond acceptors (Lipinski definition) is 5. The number of benzene rings is 3. The fraction of sp³-hybridized carbons (Fsp3) is 0.172. The lowest BCUT2D eigenvalue weighted by Crippen LogP contribution is -2.30. The van der Waals surface area contributed by atoms with Crippen LogP contribution in [0.15, 0.2) is 82.2 Å². The van der Waals surface area contributed by atoms with Crippen molar-refractivity contribution in [3.63, 3.8) is 0 Å². The lowest BCUT2D eigenvalue weighted by atomic mass is 10.1. The van der Waals surface area contributed by atoms with Gasteiger partial charge in [-0.2, -0.15) is 4.98 Å². The number of carbonyl (C=O) groups excluding carboxylic acids is 1. The highest BCUT2D eigenvalue weighted by atomic mass is 35.5. The summed E-state index contributed by atoms with van der Waals surface area (Å²) in [6.07, 6.45) is 2.31. The molecule has 0 bridgehead atoms. The number of aromatic nitrogens is 3. The van der Waals surface area contributed by atoms with Gasteiger partial charge in [-0.3, -0.25) is 9.59 Å². The summed E-state index contributed by atoms with van der Waals surface area (Å²) in [6.45, 7) is 4.42. The Labute approximate surface area is 218 Å². The Hall–Kier alpha value is -4.23. The van der Waals surface area contributed by atoms with Crippen LogP contribution in [-0.2, 0) is 17.8 Å². The topological polar surface area (TPSA) is 90.0 Å². The molecule has 5 rings (SSSR count). The molecular weight excluding hydrogens is 488 g/mol. The van der Waals surface area contributed by atoms with E-state index in [2.05, 4.69) is 15.5 Å². The molecule has 37 heavy (non-hydrogen) atoms. The zero-order chi connectivity index (χ0) is 25.9. The van der Waals surface area contributed by atoms with Crippen LogP contribution < -0.4 is 10.7 Å². The summed E-state index contributed by atoms with van der Waals surface area (Å²) in [4.78, 5) is 30.8. The second-order valence-corrected chi connectivity index (χ2v) is 9.42. The van der Waals surface area contributed by atoms with E-state index < -0.39 is 0 Å². The van der Waals surface area contributed by atoms with Crippen molar-refractivity contribution in [1.29, 1.82) is 0 Å². The minimum atomic E-state index is -0.227. The van der Waals surface area contributed by atoms with Crippen LogP contribution in [-0.4, -0.2) is 27.2 Å². The molecule has 5 aromatic rings. The number of pyridine rings is 1. The number of aryl methyl sites for hydroxylation is 2. The number of amides is 1. The molecule has 3 aromatic carbocycles. The van der Waals surface area contributed by atoms with Crippen LogP contribution in [0.3, 0.4) is 0 Å². The number of rotatable bonds is 7. The van der Waals surface area contributed by atoms with Crippen LogP contribution >= 0.6 is 11.6 Å². The maximum Gasteiger partial charge on any atom is 0.263 e. The summed E-state index contributed by atoms with van der Waals surface area (Å²) in [5.74, 6) is 0.350. The van der Waals surface area contributed by atoms with E-state index in [-0.39, 0.29) is 29.3 Å². The zero-order valence-corrected chi connectivity index (χ0v) is 21.2. The molecule has 8 heteroatoms. The maximum atomic E-state index is 13.4. The van der Waals surface area contributed by atoms with Crippen LogP contribution in [0, 0.1) is 13.8 Å². The van der Waals surface area contributed by atoms with Crippen molar-refractivity contribution in [2.75, 3.05) is 6.54 Å². The van der Waals surface area contributed by atoms with Crippen molar-refractivity contribution in [3.05, 3.63) is 105 Å². The summed E-state index contributed by atoms with van der Waals surface area (Å²) in [5.41, 5.74) is 4.58. The lowest BCUT2D eigenvalue weighted by Gasteiger charge is -2.13. The van der Waals surface area contributed by atoms with Gasteiger partial charge in [0, 0.05) is 28.7 Å². The van der Waals surface area contributed by atoms with E-state index in [0.717, 1.165) is 22.3 Å². The first-order valence-electron chi connectivity index (χ1n) is 11.9. The Kier molecular flexibility index (Phi) is 6.88. The van der Waals surface area contributed by atoms with E-state index in [9.17, 15) is 9.59 Å². The summed E-state index contributed by atoms with van der Waals surface area (Å²) >= 11 is 5.94. The van der Waals surface area contributed by atoms with Gasteiger partial charge in [-0.05, 0) is 61.2 Å². The zero-order valence-electron chi connectivity index (χ0n) is 20.5. The molecule has 186 valence electrons. The van der Waals surface area contributed by atoms with E-state index in [4.69, 9.17) is 16.1 Å². The third-order valence-corrected chi connectivity index (χ3v) is 6.49. The van der Waals surface area contributed by atoms with Crippen LogP contribution in [0.1, 0.15) is 16.7 Å². The molecule has 0 saturated carbocycles. The molecule has 0 aliphatic rings. The first-order valence-corrected chi connectivity index (χ1v) is 12.3. The monoisotopic (exact) mass is 512 g/mol. The van der Waals surface area contributed by atoms with E-state index >= 15 is 0 Å². The van der Waals surface area contributed by atoms with E-state index in [1.54, 1.807) is 16.8 Å². The van der Waals surface area contributed by atoms with Gasteiger partial charge >= 0.3 is 0 Å². The van der Waals surface area contributed by atoms with Gasteiger partial charge in [-0.1, -0.05) is 59.2 Å². The minimum Gasteiger partial charge on any atom is -0.354 e. The summed E-state index contributed by atoms with van der Waals surface area (Å²) in [6, 6.07) is 20.8.